The number of carbonyl (C=O) groups excluding carboxylic acids is 1. The minimum Gasteiger partial charge on any atom is -0.506 e. The van der Waals surface area contributed by atoms with E-state index in [1.165, 1.54) is 18.6 Å². The first kappa shape index (κ1) is 14.2. The third-order valence-corrected chi connectivity index (χ3v) is 6.23. The van der Waals surface area contributed by atoms with Gasteiger partial charge in [0.15, 0.2) is 0 Å². The van der Waals surface area contributed by atoms with Gasteiger partial charge in [0.1, 0.15) is 11.9 Å². The number of benzene rings is 1. The average molecular weight is 289 g/mol. The average Bonchev–Trinajstić information content (AvgIpc) is 2.75. The molecule has 114 valence electrons. The van der Waals surface area contributed by atoms with Gasteiger partial charge in [-0.25, -0.2) is 4.79 Å². The number of phenolic OH excluding ortho intramolecular Hbond substituents is 1. The van der Waals surface area contributed by atoms with E-state index in [-0.39, 0.29) is 34.3 Å². The summed E-state index contributed by atoms with van der Waals surface area (Å²) in [5.74, 6) is 0.265. The van der Waals surface area contributed by atoms with Crippen LogP contribution in [0.5, 0.6) is 5.75 Å². The highest BCUT2D eigenvalue weighted by Gasteiger charge is 2.62. The lowest BCUT2D eigenvalue weighted by molar-refractivity contribution is -0.0242. The van der Waals surface area contributed by atoms with Crippen molar-refractivity contribution in [2.75, 3.05) is 5.73 Å². The third-order valence-electron chi connectivity index (χ3n) is 6.23. The maximum atomic E-state index is 12.3. The lowest BCUT2D eigenvalue weighted by Gasteiger charge is -2.38. The number of hydrogen-bond donors (Lipinski definition) is 2. The van der Waals surface area contributed by atoms with E-state index < -0.39 is 0 Å². The Morgan fingerprint density at radius 1 is 1.38 bits per heavy atom. The number of esters is 1. The normalized spacial score (nSPS) is 33.1. The number of phenols is 1. The van der Waals surface area contributed by atoms with Gasteiger partial charge in [0, 0.05) is 5.41 Å². The van der Waals surface area contributed by atoms with Gasteiger partial charge < -0.3 is 15.6 Å². The Balaban J connectivity index is 1.79. The number of fused-ring (bicyclic) bond motifs is 2. The monoisotopic (exact) mass is 289 g/mol. The second-order valence-corrected chi connectivity index (χ2v) is 7.28. The number of ether oxygens (including phenoxy) is 1. The molecule has 2 saturated carbocycles. The van der Waals surface area contributed by atoms with Crippen molar-refractivity contribution in [3.63, 3.8) is 0 Å². The molecule has 0 amide bonds. The van der Waals surface area contributed by atoms with Crippen LogP contribution in [0.4, 0.5) is 5.69 Å². The smallest absolute Gasteiger partial charge is 0.338 e. The van der Waals surface area contributed by atoms with E-state index in [2.05, 4.69) is 20.8 Å². The SMILES string of the molecule is CC1(C)C2CCC1(C)C(OC(=O)c1ccc(O)c(N)c1)C2. The Hall–Kier alpha value is -1.71. The van der Waals surface area contributed by atoms with E-state index in [1.807, 2.05) is 0 Å². The lowest BCUT2D eigenvalue weighted by atomic mass is 9.70. The Bertz CT molecular complexity index is 596. The lowest BCUT2D eigenvalue weighted by Crippen LogP contribution is -2.38. The summed E-state index contributed by atoms with van der Waals surface area (Å²) >= 11 is 0. The quantitative estimate of drug-likeness (QED) is 0.497. The van der Waals surface area contributed by atoms with Gasteiger partial charge in [-0.05, 0) is 48.8 Å². The largest absolute Gasteiger partial charge is 0.506 e. The van der Waals surface area contributed by atoms with Gasteiger partial charge in [-0.3, -0.25) is 0 Å². The van der Waals surface area contributed by atoms with Crippen LogP contribution in [0.1, 0.15) is 50.4 Å². The molecule has 3 atom stereocenters. The summed E-state index contributed by atoms with van der Waals surface area (Å²) in [7, 11) is 0. The van der Waals surface area contributed by atoms with Crippen LogP contribution >= 0.6 is 0 Å². The fraction of sp³-hybridized carbons (Fsp3) is 0.588. The topological polar surface area (TPSA) is 72.5 Å². The van der Waals surface area contributed by atoms with Gasteiger partial charge in [-0.1, -0.05) is 20.8 Å². The molecule has 2 fully saturated rings. The molecule has 3 rings (SSSR count). The van der Waals surface area contributed by atoms with E-state index in [0.29, 0.717) is 11.5 Å². The summed E-state index contributed by atoms with van der Waals surface area (Å²) in [6, 6.07) is 4.45. The molecule has 4 nitrogen and oxygen atoms in total. The van der Waals surface area contributed by atoms with Crippen molar-refractivity contribution in [3.05, 3.63) is 23.8 Å². The van der Waals surface area contributed by atoms with Crippen molar-refractivity contribution in [2.45, 2.75) is 46.1 Å². The van der Waals surface area contributed by atoms with E-state index in [0.717, 1.165) is 12.8 Å². The van der Waals surface area contributed by atoms with Gasteiger partial charge in [0.25, 0.3) is 0 Å². The second-order valence-electron chi connectivity index (χ2n) is 7.28. The zero-order valence-electron chi connectivity index (χ0n) is 12.8. The van der Waals surface area contributed by atoms with E-state index in [9.17, 15) is 9.90 Å². The summed E-state index contributed by atoms with van der Waals surface area (Å²) in [5, 5.41) is 9.43. The first-order chi connectivity index (χ1) is 9.75. The van der Waals surface area contributed by atoms with E-state index in [1.54, 1.807) is 6.07 Å². The van der Waals surface area contributed by atoms with Gasteiger partial charge in [-0.2, -0.15) is 0 Å². The highest BCUT2D eigenvalue weighted by Crippen LogP contribution is 2.66. The molecule has 2 bridgehead atoms. The zero-order chi connectivity index (χ0) is 15.4. The van der Waals surface area contributed by atoms with Crippen molar-refractivity contribution in [1.29, 1.82) is 0 Å². The summed E-state index contributed by atoms with van der Waals surface area (Å²) in [6.07, 6.45) is 3.25. The Morgan fingerprint density at radius 3 is 2.62 bits per heavy atom. The second kappa shape index (κ2) is 4.39. The highest BCUT2D eigenvalue weighted by molar-refractivity contribution is 5.91. The molecule has 1 aromatic rings. The van der Waals surface area contributed by atoms with E-state index in [4.69, 9.17) is 10.5 Å². The molecule has 1 aromatic carbocycles. The molecule has 3 N–H and O–H groups in total. The third kappa shape index (κ3) is 1.92. The molecule has 0 aliphatic heterocycles. The molecule has 0 spiro atoms. The number of anilines is 1. The van der Waals surface area contributed by atoms with Gasteiger partial charge in [-0.15, -0.1) is 0 Å². The number of nitrogen functional groups attached to an aromatic ring is 1. The van der Waals surface area contributed by atoms with Gasteiger partial charge in [0.2, 0.25) is 0 Å². The maximum absolute atomic E-state index is 12.3. The predicted octanol–water partition coefficient (Wildman–Crippen LogP) is 3.35. The molecule has 0 heterocycles. The van der Waals surface area contributed by atoms with Gasteiger partial charge in [0.05, 0.1) is 11.3 Å². The Morgan fingerprint density at radius 2 is 2.10 bits per heavy atom. The number of rotatable bonds is 2. The van der Waals surface area contributed by atoms with Crippen LogP contribution in [0.25, 0.3) is 0 Å². The summed E-state index contributed by atoms with van der Waals surface area (Å²) in [5.41, 5.74) is 6.50. The van der Waals surface area contributed by atoms with E-state index >= 15 is 0 Å². The first-order valence-corrected chi connectivity index (χ1v) is 7.55. The van der Waals surface area contributed by atoms with Crippen LogP contribution < -0.4 is 5.73 Å². The van der Waals surface area contributed by atoms with Crippen LogP contribution in [-0.2, 0) is 4.74 Å². The zero-order valence-corrected chi connectivity index (χ0v) is 12.8. The highest BCUT2D eigenvalue weighted by atomic mass is 16.5. The molecule has 0 saturated heterocycles. The van der Waals surface area contributed by atoms with Crippen LogP contribution in [-0.4, -0.2) is 17.2 Å². The van der Waals surface area contributed by atoms with Crippen molar-refractivity contribution in [3.8, 4) is 5.75 Å². The summed E-state index contributed by atoms with van der Waals surface area (Å²) < 4.78 is 5.79. The van der Waals surface area contributed by atoms with Crippen molar-refractivity contribution in [1.82, 2.24) is 0 Å². The number of hydrogen-bond acceptors (Lipinski definition) is 4. The minimum absolute atomic E-state index is 0.0143. The predicted molar refractivity (Wildman–Crippen MR) is 81.0 cm³/mol. The van der Waals surface area contributed by atoms with Crippen LogP contribution in [0.15, 0.2) is 18.2 Å². The molecule has 21 heavy (non-hydrogen) atoms. The fourth-order valence-electron chi connectivity index (χ4n) is 4.19. The maximum Gasteiger partial charge on any atom is 0.338 e. The molecule has 0 aromatic heterocycles. The molecule has 4 heteroatoms. The fourth-order valence-corrected chi connectivity index (χ4v) is 4.19. The van der Waals surface area contributed by atoms with Crippen molar-refractivity contribution >= 4 is 11.7 Å². The van der Waals surface area contributed by atoms with Gasteiger partial charge >= 0.3 is 5.97 Å². The number of nitrogens with two attached hydrogens (primary N) is 1. The van der Waals surface area contributed by atoms with Crippen molar-refractivity contribution < 1.29 is 14.6 Å². The Labute approximate surface area is 125 Å². The molecule has 0 radical (unpaired) electrons. The van der Waals surface area contributed by atoms with Crippen LogP contribution in [0.3, 0.4) is 0 Å². The standard InChI is InChI=1S/C17H23NO3/c1-16(2)11-6-7-17(16,3)14(9-11)21-15(20)10-4-5-13(19)12(18)8-10/h4-5,8,11,14,19H,6-7,9,18H2,1-3H3. The molecule has 3 unspecified atom stereocenters. The van der Waals surface area contributed by atoms with Crippen molar-refractivity contribution in [2.24, 2.45) is 16.7 Å². The number of aromatic hydroxyl groups is 1. The number of carbonyl (C=O) groups is 1. The minimum atomic E-state index is -0.351. The summed E-state index contributed by atoms with van der Waals surface area (Å²) in [6.45, 7) is 6.82. The van der Waals surface area contributed by atoms with Crippen LogP contribution in [0.2, 0.25) is 0 Å². The first-order valence-electron chi connectivity index (χ1n) is 7.55. The molecule has 2 aliphatic rings. The Kier molecular flexibility index (Phi) is 2.98. The van der Waals surface area contributed by atoms with Crippen LogP contribution in [0, 0.1) is 16.7 Å². The molecular formula is C17H23NO3. The summed E-state index contributed by atoms with van der Waals surface area (Å²) in [4.78, 5) is 12.3. The molecule has 2 aliphatic carbocycles. The molecular weight excluding hydrogens is 266 g/mol.